The van der Waals surface area contributed by atoms with E-state index in [1.165, 1.54) is 6.07 Å². The minimum atomic E-state index is -4.43. The number of benzene rings is 1. The van der Waals surface area contributed by atoms with E-state index >= 15 is 0 Å². The van der Waals surface area contributed by atoms with E-state index in [9.17, 15) is 22.8 Å². The molecule has 0 radical (unpaired) electrons. The number of carbonyl (C=O) groups is 2. The van der Waals surface area contributed by atoms with Crippen LogP contribution in [0, 0.1) is 5.92 Å². The molecule has 2 aromatic rings. The van der Waals surface area contributed by atoms with Crippen molar-refractivity contribution in [2.75, 3.05) is 11.9 Å². The molecule has 5 nitrogen and oxygen atoms in total. The molecule has 4 rings (SSSR count). The van der Waals surface area contributed by atoms with Crippen molar-refractivity contribution in [2.45, 2.75) is 37.9 Å². The highest BCUT2D eigenvalue weighted by Gasteiger charge is 2.41. The SMILES string of the molecule is O=C(Nc1nc(-c2cccc(C(F)(F)F)c2)cs1)C1CCCN1C(=O)C1CC1. The molecule has 2 fully saturated rings. The van der Waals surface area contributed by atoms with Crippen LogP contribution in [0.1, 0.15) is 31.2 Å². The Balaban J connectivity index is 1.46. The molecular weight excluding hydrogens is 391 g/mol. The summed E-state index contributed by atoms with van der Waals surface area (Å²) in [6.45, 7) is 0.584. The van der Waals surface area contributed by atoms with Crippen LogP contribution >= 0.6 is 11.3 Å². The van der Waals surface area contributed by atoms with E-state index < -0.39 is 17.8 Å². The second-order valence-electron chi connectivity index (χ2n) is 7.07. The number of alkyl halides is 3. The summed E-state index contributed by atoms with van der Waals surface area (Å²) in [6.07, 6.45) is -1.27. The third-order valence-corrected chi connectivity index (χ3v) is 5.74. The molecule has 2 aliphatic rings. The quantitative estimate of drug-likeness (QED) is 0.825. The Morgan fingerprint density at radius 2 is 2.00 bits per heavy atom. The molecule has 1 aliphatic heterocycles. The van der Waals surface area contributed by atoms with Gasteiger partial charge in [0.05, 0.1) is 11.3 Å². The number of thiazole rings is 1. The maximum Gasteiger partial charge on any atom is 0.416 e. The van der Waals surface area contributed by atoms with E-state index in [0.717, 1.165) is 42.7 Å². The molecule has 28 heavy (non-hydrogen) atoms. The summed E-state index contributed by atoms with van der Waals surface area (Å²) in [4.78, 5) is 30.8. The van der Waals surface area contributed by atoms with Gasteiger partial charge in [0.15, 0.2) is 5.13 Å². The van der Waals surface area contributed by atoms with Crippen molar-refractivity contribution in [1.29, 1.82) is 0 Å². The summed E-state index contributed by atoms with van der Waals surface area (Å²) < 4.78 is 38.7. The van der Waals surface area contributed by atoms with Crippen molar-refractivity contribution in [3.8, 4) is 11.3 Å². The molecule has 1 saturated heterocycles. The number of nitrogens with zero attached hydrogens (tertiary/aromatic N) is 2. The van der Waals surface area contributed by atoms with E-state index in [1.807, 2.05) is 0 Å². The summed E-state index contributed by atoms with van der Waals surface area (Å²) in [5.74, 6) is -0.196. The van der Waals surface area contributed by atoms with Crippen molar-refractivity contribution in [3.05, 3.63) is 35.2 Å². The van der Waals surface area contributed by atoms with Gasteiger partial charge in [-0.25, -0.2) is 4.98 Å². The van der Waals surface area contributed by atoms with Gasteiger partial charge in [-0.15, -0.1) is 11.3 Å². The number of hydrogen-bond acceptors (Lipinski definition) is 4. The molecule has 1 N–H and O–H groups in total. The predicted molar refractivity (Wildman–Crippen MR) is 98.6 cm³/mol. The first-order chi connectivity index (χ1) is 13.3. The first-order valence-corrected chi connectivity index (χ1v) is 9.95. The molecule has 1 unspecified atom stereocenters. The van der Waals surface area contributed by atoms with E-state index in [4.69, 9.17) is 0 Å². The lowest BCUT2D eigenvalue weighted by Crippen LogP contribution is -2.43. The van der Waals surface area contributed by atoms with Gasteiger partial charge in [0.1, 0.15) is 6.04 Å². The minimum absolute atomic E-state index is 0.0430. The molecule has 9 heteroatoms. The van der Waals surface area contributed by atoms with Gasteiger partial charge in [0.25, 0.3) is 0 Å². The second-order valence-corrected chi connectivity index (χ2v) is 7.93. The molecule has 1 aromatic heterocycles. The third-order valence-electron chi connectivity index (χ3n) is 4.99. The van der Waals surface area contributed by atoms with E-state index in [0.29, 0.717) is 29.4 Å². The zero-order chi connectivity index (χ0) is 19.9. The highest BCUT2D eigenvalue weighted by Crippen LogP contribution is 2.35. The third kappa shape index (κ3) is 3.89. The fourth-order valence-electron chi connectivity index (χ4n) is 3.38. The van der Waals surface area contributed by atoms with Crippen molar-refractivity contribution < 1.29 is 22.8 Å². The highest BCUT2D eigenvalue weighted by atomic mass is 32.1. The van der Waals surface area contributed by atoms with Crippen LogP contribution in [-0.2, 0) is 15.8 Å². The number of nitrogens with one attached hydrogen (secondary N) is 1. The number of hydrogen-bond donors (Lipinski definition) is 1. The number of rotatable bonds is 4. The zero-order valence-electron chi connectivity index (χ0n) is 14.8. The van der Waals surface area contributed by atoms with Gasteiger partial charge in [0, 0.05) is 23.4 Å². The normalized spacial score (nSPS) is 19.7. The molecular formula is C19H18F3N3O2S. The monoisotopic (exact) mass is 409 g/mol. The van der Waals surface area contributed by atoms with Gasteiger partial charge in [-0.05, 0) is 37.8 Å². The van der Waals surface area contributed by atoms with Gasteiger partial charge in [-0.2, -0.15) is 13.2 Å². The van der Waals surface area contributed by atoms with E-state index in [2.05, 4.69) is 10.3 Å². The molecule has 2 heterocycles. The smallest absolute Gasteiger partial charge is 0.330 e. The van der Waals surface area contributed by atoms with Crippen molar-refractivity contribution in [3.63, 3.8) is 0 Å². The molecule has 1 aliphatic carbocycles. The second kappa shape index (κ2) is 7.20. The van der Waals surface area contributed by atoms with Crippen molar-refractivity contribution in [2.24, 2.45) is 5.92 Å². The Morgan fingerprint density at radius 1 is 1.21 bits per heavy atom. The lowest BCUT2D eigenvalue weighted by atomic mass is 10.1. The maximum absolute atomic E-state index is 12.9. The molecule has 1 atom stereocenters. The van der Waals surface area contributed by atoms with Crippen LogP contribution in [0.25, 0.3) is 11.3 Å². The van der Waals surface area contributed by atoms with Crippen molar-refractivity contribution >= 4 is 28.3 Å². The van der Waals surface area contributed by atoms with E-state index in [1.54, 1.807) is 16.3 Å². The Bertz CT molecular complexity index is 908. The number of likely N-dealkylation sites (tertiary alicyclic amines) is 1. The standard InChI is InChI=1S/C19H18F3N3O2S/c20-19(21,22)13-4-1-3-12(9-13)14-10-28-18(23-14)24-16(26)15-5-2-8-25(15)17(27)11-6-7-11/h1,3-4,9-11,15H,2,5-8H2,(H,23,24,26). The fraction of sp³-hybridized carbons (Fsp3) is 0.421. The van der Waals surface area contributed by atoms with Crippen LogP contribution in [0.4, 0.5) is 18.3 Å². The maximum atomic E-state index is 12.9. The van der Waals surface area contributed by atoms with Gasteiger partial charge < -0.3 is 10.2 Å². The largest absolute Gasteiger partial charge is 0.416 e. The topological polar surface area (TPSA) is 62.3 Å². The summed E-state index contributed by atoms with van der Waals surface area (Å²) in [5.41, 5.74) is -0.0505. The van der Waals surface area contributed by atoms with Crippen LogP contribution in [0.15, 0.2) is 29.6 Å². The van der Waals surface area contributed by atoms with Gasteiger partial charge in [-0.1, -0.05) is 12.1 Å². The van der Waals surface area contributed by atoms with Gasteiger partial charge >= 0.3 is 6.18 Å². The number of aromatic nitrogens is 1. The van der Waals surface area contributed by atoms with Crippen molar-refractivity contribution in [1.82, 2.24) is 9.88 Å². The summed E-state index contributed by atoms with van der Waals surface area (Å²) >= 11 is 1.15. The number of halogens is 3. The molecule has 0 spiro atoms. The summed E-state index contributed by atoms with van der Waals surface area (Å²) in [5, 5.41) is 4.63. The summed E-state index contributed by atoms with van der Waals surface area (Å²) in [7, 11) is 0. The van der Waals surface area contributed by atoms with Gasteiger partial charge in [-0.3, -0.25) is 9.59 Å². The number of anilines is 1. The average molecular weight is 409 g/mol. The lowest BCUT2D eigenvalue weighted by Gasteiger charge is -2.23. The molecule has 2 amide bonds. The Kier molecular flexibility index (Phi) is 4.86. The molecule has 1 aromatic carbocycles. The molecule has 1 saturated carbocycles. The fourth-order valence-corrected chi connectivity index (χ4v) is 4.10. The van der Waals surface area contributed by atoms with Gasteiger partial charge in [0.2, 0.25) is 11.8 Å². The number of amides is 2. The van der Waals surface area contributed by atoms with Crippen LogP contribution in [0.5, 0.6) is 0 Å². The van der Waals surface area contributed by atoms with Crippen LogP contribution in [0.2, 0.25) is 0 Å². The molecule has 148 valence electrons. The zero-order valence-corrected chi connectivity index (χ0v) is 15.6. The minimum Gasteiger partial charge on any atom is -0.330 e. The number of carbonyl (C=O) groups excluding carboxylic acids is 2. The predicted octanol–water partition coefficient (Wildman–Crippen LogP) is 4.17. The molecule has 0 bridgehead atoms. The van der Waals surface area contributed by atoms with E-state index in [-0.39, 0.29) is 17.7 Å². The first kappa shape index (κ1) is 18.9. The van der Waals surface area contributed by atoms with Crippen LogP contribution in [-0.4, -0.2) is 34.3 Å². The summed E-state index contributed by atoms with van der Waals surface area (Å²) in [6, 6.07) is 4.41. The Hall–Kier alpha value is -2.42. The first-order valence-electron chi connectivity index (χ1n) is 9.07. The van der Waals surface area contributed by atoms with Crippen LogP contribution < -0.4 is 5.32 Å². The average Bonchev–Trinajstić information content (AvgIpc) is 3.20. The highest BCUT2D eigenvalue weighted by molar-refractivity contribution is 7.14. The Morgan fingerprint density at radius 3 is 2.71 bits per heavy atom. The Labute approximate surface area is 163 Å². The van der Waals surface area contributed by atoms with Crippen LogP contribution in [0.3, 0.4) is 0 Å². The lowest BCUT2D eigenvalue weighted by molar-refractivity contribution is -0.138.